The Morgan fingerprint density at radius 1 is 1.42 bits per heavy atom. The third kappa shape index (κ3) is 2.49. The average Bonchev–Trinajstić information content (AvgIpc) is 2.74. The second kappa shape index (κ2) is 5.05. The second-order valence-corrected chi connectivity index (χ2v) is 5.13. The van der Waals surface area contributed by atoms with Gasteiger partial charge in [0.05, 0.1) is 5.69 Å². The maximum atomic E-state index is 4.35. The summed E-state index contributed by atoms with van der Waals surface area (Å²) in [5, 5.41) is 11.3. The van der Waals surface area contributed by atoms with E-state index in [1.54, 1.807) is 0 Å². The maximum absolute atomic E-state index is 4.35. The van der Waals surface area contributed by atoms with E-state index in [1.165, 1.54) is 16.7 Å². The minimum atomic E-state index is 0.863. The minimum absolute atomic E-state index is 0.863. The van der Waals surface area contributed by atoms with Gasteiger partial charge in [-0.15, -0.1) is 0 Å². The van der Waals surface area contributed by atoms with Gasteiger partial charge in [0.2, 0.25) is 0 Å². The van der Waals surface area contributed by atoms with Crippen molar-refractivity contribution in [2.75, 3.05) is 11.9 Å². The quantitative estimate of drug-likeness (QED) is 0.882. The highest BCUT2D eigenvalue weighted by Gasteiger charge is 2.12. The summed E-state index contributed by atoms with van der Waals surface area (Å²) >= 11 is 0. The summed E-state index contributed by atoms with van der Waals surface area (Å²) in [6.45, 7) is 4.95. The molecule has 0 atom stereocenters. The highest BCUT2D eigenvalue weighted by atomic mass is 15.3. The van der Waals surface area contributed by atoms with Gasteiger partial charge in [-0.25, -0.2) is 0 Å². The summed E-state index contributed by atoms with van der Waals surface area (Å²) in [6.07, 6.45) is 1.12. The molecule has 0 amide bonds. The normalized spacial score (nSPS) is 14.2. The fraction of sp³-hybridized carbons (Fsp3) is 0.400. The molecule has 4 nitrogen and oxygen atoms in total. The van der Waals surface area contributed by atoms with Gasteiger partial charge in [0.15, 0.2) is 0 Å². The predicted octanol–water partition coefficient (Wildman–Crippen LogP) is 1.99. The number of hydrogen-bond donors (Lipinski definition) is 2. The van der Waals surface area contributed by atoms with Crippen molar-refractivity contribution in [2.45, 2.75) is 26.4 Å². The molecule has 0 aliphatic carbocycles. The highest BCUT2D eigenvalue weighted by Crippen LogP contribution is 2.20. The molecule has 2 heterocycles. The van der Waals surface area contributed by atoms with E-state index in [0.29, 0.717) is 0 Å². The summed E-state index contributed by atoms with van der Waals surface area (Å²) in [5.74, 6) is 1.07. The van der Waals surface area contributed by atoms with Crippen molar-refractivity contribution >= 4 is 5.82 Å². The van der Waals surface area contributed by atoms with Crippen LogP contribution in [0.4, 0.5) is 5.82 Å². The lowest BCUT2D eigenvalue weighted by molar-refractivity contribution is 0.639. The van der Waals surface area contributed by atoms with E-state index in [1.807, 2.05) is 18.7 Å². The maximum Gasteiger partial charge on any atom is 0.124 e. The van der Waals surface area contributed by atoms with Crippen molar-refractivity contribution in [3.63, 3.8) is 0 Å². The van der Waals surface area contributed by atoms with Crippen LogP contribution in [-0.2, 0) is 26.6 Å². The van der Waals surface area contributed by atoms with Crippen LogP contribution in [0.3, 0.4) is 0 Å². The Labute approximate surface area is 113 Å². The van der Waals surface area contributed by atoms with Crippen LogP contribution >= 0.6 is 0 Å². The van der Waals surface area contributed by atoms with E-state index in [0.717, 1.165) is 37.6 Å². The summed E-state index contributed by atoms with van der Waals surface area (Å²) in [4.78, 5) is 0. The molecule has 0 saturated heterocycles. The number of aryl methyl sites for hydroxylation is 2. The third-order valence-corrected chi connectivity index (χ3v) is 3.70. The lowest BCUT2D eigenvalue weighted by atomic mass is 9.95. The Balaban J connectivity index is 1.78. The summed E-state index contributed by atoms with van der Waals surface area (Å²) < 4.78 is 1.90. The fourth-order valence-corrected chi connectivity index (χ4v) is 2.74. The van der Waals surface area contributed by atoms with Crippen LogP contribution in [0.5, 0.6) is 0 Å². The zero-order valence-corrected chi connectivity index (χ0v) is 11.5. The molecule has 0 saturated carbocycles. The highest BCUT2D eigenvalue weighted by molar-refractivity contribution is 5.42. The van der Waals surface area contributed by atoms with Gasteiger partial charge in [0.25, 0.3) is 0 Å². The van der Waals surface area contributed by atoms with E-state index < -0.39 is 0 Å². The minimum Gasteiger partial charge on any atom is -0.366 e. The van der Waals surface area contributed by atoms with Crippen LogP contribution in [0.2, 0.25) is 0 Å². The molecule has 0 radical (unpaired) electrons. The largest absolute Gasteiger partial charge is 0.366 e. The molecule has 1 aromatic heterocycles. The summed E-state index contributed by atoms with van der Waals surface area (Å²) in [7, 11) is 1.97. The lowest BCUT2D eigenvalue weighted by Gasteiger charge is -2.20. The number of nitrogens with one attached hydrogen (secondary N) is 2. The van der Waals surface area contributed by atoms with Gasteiger partial charge in [0, 0.05) is 26.2 Å². The van der Waals surface area contributed by atoms with Crippen LogP contribution in [0.1, 0.15) is 22.4 Å². The number of aromatic nitrogens is 2. The van der Waals surface area contributed by atoms with Crippen LogP contribution < -0.4 is 10.6 Å². The Morgan fingerprint density at radius 3 is 3.11 bits per heavy atom. The predicted molar refractivity (Wildman–Crippen MR) is 77.1 cm³/mol. The van der Waals surface area contributed by atoms with E-state index in [4.69, 9.17) is 0 Å². The van der Waals surface area contributed by atoms with E-state index >= 15 is 0 Å². The van der Waals surface area contributed by atoms with Crippen LogP contribution in [0.15, 0.2) is 24.3 Å². The van der Waals surface area contributed by atoms with Gasteiger partial charge in [0.1, 0.15) is 5.82 Å². The molecule has 0 fully saturated rings. The van der Waals surface area contributed by atoms with Crippen molar-refractivity contribution in [3.05, 3.63) is 46.6 Å². The van der Waals surface area contributed by atoms with Gasteiger partial charge in [-0.3, -0.25) is 4.68 Å². The summed E-state index contributed by atoms with van der Waals surface area (Å²) in [6, 6.07) is 8.67. The van der Waals surface area contributed by atoms with Crippen molar-refractivity contribution in [3.8, 4) is 0 Å². The first-order valence-electron chi connectivity index (χ1n) is 6.79. The second-order valence-electron chi connectivity index (χ2n) is 5.13. The van der Waals surface area contributed by atoms with Crippen molar-refractivity contribution in [1.29, 1.82) is 0 Å². The standard InChI is InChI=1S/C15H20N4/c1-11-8-15(19(2)18-11)17-10-13-5-3-4-12-9-16-7-6-14(12)13/h3-5,8,16-17H,6-7,9-10H2,1-2H3. The SMILES string of the molecule is Cc1cc(NCc2cccc3c2CCNC3)n(C)n1. The summed E-state index contributed by atoms with van der Waals surface area (Å²) in [5.41, 5.74) is 5.39. The zero-order valence-electron chi connectivity index (χ0n) is 11.5. The van der Waals surface area contributed by atoms with Crippen LogP contribution in [-0.4, -0.2) is 16.3 Å². The molecule has 2 N–H and O–H groups in total. The number of anilines is 1. The van der Waals surface area contributed by atoms with Crippen molar-refractivity contribution in [1.82, 2.24) is 15.1 Å². The number of benzene rings is 1. The Bertz CT molecular complexity index is 586. The molecule has 1 aliphatic heterocycles. The molecule has 19 heavy (non-hydrogen) atoms. The molecule has 0 spiro atoms. The molecule has 2 aromatic rings. The van der Waals surface area contributed by atoms with Gasteiger partial charge in [-0.05, 0) is 36.6 Å². The number of nitrogens with zero attached hydrogens (tertiary/aromatic N) is 2. The molecule has 100 valence electrons. The molecule has 1 aromatic carbocycles. The topological polar surface area (TPSA) is 41.9 Å². The third-order valence-electron chi connectivity index (χ3n) is 3.70. The molecule has 1 aliphatic rings. The number of rotatable bonds is 3. The Morgan fingerprint density at radius 2 is 2.32 bits per heavy atom. The van der Waals surface area contributed by atoms with E-state index in [-0.39, 0.29) is 0 Å². The molecular formula is C15H20N4. The van der Waals surface area contributed by atoms with Crippen molar-refractivity contribution in [2.24, 2.45) is 7.05 Å². The van der Waals surface area contributed by atoms with Gasteiger partial charge in [-0.2, -0.15) is 5.10 Å². The first kappa shape index (κ1) is 12.2. The van der Waals surface area contributed by atoms with E-state index in [9.17, 15) is 0 Å². The first-order chi connectivity index (χ1) is 9.24. The number of hydrogen-bond acceptors (Lipinski definition) is 3. The van der Waals surface area contributed by atoms with Crippen LogP contribution in [0, 0.1) is 6.92 Å². The Hall–Kier alpha value is -1.81. The van der Waals surface area contributed by atoms with Crippen LogP contribution in [0.25, 0.3) is 0 Å². The average molecular weight is 256 g/mol. The fourth-order valence-electron chi connectivity index (χ4n) is 2.74. The smallest absolute Gasteiger partial charge is 0.124 e. The van der Waals surface area contributed by atoms with Crippen molar-refractivity contribution < 1.29 is 0 Å². The lowest BCUT2D eigenvalue weighted by Crippen LogP contribution is -2.25. The zero-order chi connectivity index (χ0) is 13.2. The molecule has 0 unspecified atom stereocenters. The first-order valence-corrected chi connectivity index (χ1v) is 6.79. The monoisotopic (exact) mass is 256 g/mol. The van der Waals surface area contributed by atoms with E-state index in [2.05, 4.69) is 40.0 Å². The Kier molecular flexibility index (Phi) is 3.25. The van der Waals surface area contributed by atoms with Gasteiger partial charge >= 0.3 is 0 Å². The molecule has 0 bridgehead atoms. The molecular weight excluding hydrogens is 236 g/mol. The molecule has 3 rings (SSSR count). The number of fused-ring (bicyclic) bond motifs is 1. The van der Waals surface area contributed by atoms with Gasteiger partial charge in [-0.1, -0.05) is 18.2 Å². The van der Waals surface area contributed by atoms with Gasteiger partial charge < -0.3 is 10.6 Å². The molecule has 4 heteroatoms.